The summed E-state index contributed by atoms with van der Waals surface area (Å²) in [5, 5.41) is 24.0. The number of phenols is 1. The average Bonchev–Trinajstić information content (AvgIpc) is 3.36. The average molecular weight is 377 g/mol. The molecule has 0 saturated heterocycles. The van der Waals surface area contributed by atoms with Crippen LogP contribution in [0.25, 0.3) is 16.8 Å². The molecule has 2 aromatic carbocycles. The lowest BCUT2D eigenvalue weighted by atomic mass is 10.1. The van der Waals surface area contributed by atoms with E-state index in [1.807, 2.05) is 29.0 Å². The molecule has 4 rings (SSSR count). The first-order valence-corrected chi connectivity index (χ1v) is 8.99. The zero-order valence-corrected chi connectivity index (χ0v) is 14.9. The van der Waals surface area contributed by atoms with Crippen LogP contribution in [0.4, 0.5) is 11.4 Å². The Labute approximate surface area is 158 Å². The fourth-order valence-corrected chi connectivity index (χ4v) is 3.22. The maximum Gasteiger partial charge on any atom is 0.277 e. The number of aromatic nitrogens is 3. The number of nitrogens with zero attached hydrogens (tertiary/aromatic N) is 3. The van der Waals surface area contributed by atoms with Crippen LogP contribution in [-0.4, -0.2) is 26.0 Å². The van der Waals surface area contributed by atoms with Crippen molar-refractivity contribution < 1.29 is 9.90 Å². The predicted molar refractivity (Wildman–Crippen MR) is 105 cm³/mol. The van der Waals surface area contributed by atoms with Gasteiger partial charge in [-0.25, -0.2) is 4.68 Å². The van der Waals surface area contributed by atoms with Gasteiger partial charge in [0.15, 0.2) is 5.69 Å². The number of nitrogens with two attached hydrogens (primary N) is 1. The van der Waals surface area contributed by atoms with Gasteiger partial charge in [-0.2, -0.15) is 11.3 Å². The van der Waals surface area contributed by atoms with E-state index < -0.39 is 5.91 Å². The number of nitrogens with one attached hydrogen (secondary N) is 1. The van der Waals surface area contributed by atoms with E-state index in [-0.39, 0.29) is 11.4 Å². The minimum Gasteiger partial charge on any atom is -0.508 e. The number of rotatable bonds is 4. The summed E-state index contributed by atoms with van der Waals surface area (Å²) >= 11 is 1.60. The highest BCUT2D eigenvalue weighted by Gasteiger charge is 2.14. The number of phenolic OH excluding ortho intramolecular Hbond substituents is 1. The van der Waals surface area contributed by atoms with Gasteiger partial charge in [0.25, 0.3) is 5.91 Å². The second kappa shape index (κ2) is 6.93. The Kier molecular flexibility index (Phi) is 4.31. The van der Waals surface area contributed by atoms with Crippen LogP contribution in [0, 0.1) is 0 Å². The summed E-state index contributed by atoms with van der Waals surface area (Å²) in [5.74, 6) is -0.257. The van der Waals surface area contributed by atoms with Crippen LogP contribution in [0.2, 0.25) is 0 Å². The summed E-state index contributed by atoms with van der Waals surface area (Å²) in [4.78, 5) is 12.5. The van der Waals surface area contributed by atoms with E-state index in [9.17, 15) is 9.90 Å². The first-order chi connectivity index (χ1) is 13.1. The van der Waals surface area contributed by atoms with Gasteiger partial charge in [-0.1, -0.05) is 11.3 Å². The first kappa shape index (κ1) is 16.8. The summed E-state index contributed by atoms with van der Waals surface area (Å²) in [5.41, 5.74) is 9.85. The molecule has 2 heterocycles. The zero-order valence-electron chi connectivity index (χ0n) is 14.0. The van der Waals surface area contributed by atoms with Crippen molar-refractivity contribution >= 4 is 28.6 Å². The second-order valence-corrected chi connectivity index (χ2v) is 6.61. The highest BCUT2D eigenvalue weighted by Crippen LogP contribution is 2.29. The SMILES string of the molecule is Nc1ccc(-c2ccsc2)cc1NC(=O)c1cn(-c2ccc(O)cc2)nn1. The topological polar surface area (TPSA) is 106 Å². The minimum absolute atomic E-state index is 0.151. The number of benzene rings is 2. The fourth-order valence-electron chi connectivity index (χ4n) is 2.56. The molecule has 0 bridgehead atoms. The van der Waals surface area contributed by atoms with E-state index in [0.29, 0.717) is 17.1 Å². The van der Waals surface area contributed by atoms with Gasteiger partial charge in [0, 0.05) is 0 Å². The van der Waals surface area contributed by atoms with Gasteiger partial charge in [0.05, 0.1) is 23.3 Å². The summed E-state index contributed by atoms with van der Waals surface area (Å²) in [6, 6.07) is 13.9. The molecule has 4 aromatic rings. The Morgan fingerprint density at radius 3 is 2.67 bits per heavy atom. The summed E-state index contributed by atoms with van der Waals surface area (Å²) in [6.45, 7) is 0. The van der Waals surface area contributed by atoms with Crippen LogP contribution in [0.5, 0.6) is 5.75 Å². The number of amides is 1. The van der Waals surface area contributed by atoms with E-state index in [2.05, 4.69) is 15.6 Å². The second-order valence-electron chi connectivity index (χ2n) is 5.83. The molecule has 0 saturated carbocycles. The molecule has 4 N–H and O–H groups in total. The van der Waals surface area contributed by atoms with Gasteiger partial charge in [0.2, 0.25) is 0 Å². The van der Waals surface area contributed by atoms with Gasteiger partial charge < -0.3 is 16.2 Å². The molecule has 0 fully saturated rings. The Bertz CT molecular complexity index is 1090. The Morgan fingerprint density at radius 2 is 1.93 bits per heavy atom. The zero-order chi connectivity index (χ0) is 18.8. The van der Waals surface area contributed by atoms with Gasteiger partial charge in [-0.05, 0) is 64.4 Å². The summed E-state index contributed by atoms with van der Waals surface area (Å²) in [6.07, 6.45) is 1.51. The van der Waals surface area contributed by atoms with Crippen LogP contribution >= 0.6 is 11.3 Å². The van der Waals surface area contributed by atoms with Gasteiger partial charge >= 0.3 is 0 Å². The van der Waals surface area contributed by atoms with E-state index in [1.54, 1.807) is 29.5 Å². The third-order valence-electron chi connectivity index (χ3n) is 4.00. The first-order valence-electron chi connectivity index (χ1n) is 8.05. The third-order valence-corrected chi connectivity index (χ3v) is 4.68. The number of carbonyl (C=O) groups is 1. The Hall–Kier alpha value is -3.65. The molecule has 0 aliphatic carbocycles. The van der Waals surface area contributed by atoms with Crippen LogP contribution in [0.1, 0.15) is 10.5 Å². The van der Waals surface area contributed by atoms with Crippen LogP contribution < -0.4 is 11.1 Å². The fraction of sp³-hybridized carbons (Fsp3) is 0. The molecule has 1 amide bonds. The molecule has 0 aliphatic rings. The molecule has 134 valence electrons. The highest BCUT2D eigenvalue weighted by molar-refractivity contribution is 7.08. The Balaban J connectivity index is 1.56. The molecule has 8 heteroatoms. The maximum atomic E-state index is 12.5. The summed E-state index contributed by atoms with van der Waals surface area (Å²) in [7, 11) is 0. The molecule has 0 unspecified atom stereocenters. The number of thiophene rings is 1. The number of hydrogen-bond donors (Lipinski definition) is 3. The lowest BCUT2D eigenvalue weighted by Gasteiger charge is -2.09. The quantitative estimate of drug-likeness (QED) is 0.472. The monoisotopic (exact) mass is 377 g/mol. The molecule has 0 spiro atoms. The van der Waals surface area contributed by atoms with Crippen LogP contribution in [-0.2, 0) is 0 Å². The van der Waals surface area contributed by atoms with E-state index in [4.69, 9.17) is 5.73 Å². The van der Waals surface area contributed by atoms with Crippen molar-refractivity contribution in [2.75, 3.05) is 11.1 Å². The van der Waals surface area contributed by atoms with Gasteiger partial charge in [-0.15, -0.1) is 5.10 Å². The van der Waals surface area contributed by atoms with Crippen molar-refractivity contribution in [1.29, 1.82) is 0 Å². The van der Waals surface area contributed by atoms with Crippen molar-refractivity contribution in [1.82, 2.24) is 15.0 Å². The number of nitrogen functional groups attached to an aromatic ring is 1. The van der Waals surface area contributed by atoms with Gasteiger partial charge in [-0.3, -0.25) is 4.79 Å². The molecular weight excluding hydrogens is 362 g/mol. The number of carbonyl (C=O) groups excluding carboxylic acids is 1. The molecular formula is C19H15N5O2S. The predicted octanol–water partition coefficient (Wildman–Crippen LogP) is 3.54. The van der Waals surface area contributed by atoms with Crippen LogP contribution in [0.15, 0.2) is 65.5 Å². The summed E-state index contributed by atoms with van der Waals surface area (Å²) < 4.78 is 1.46. The highest BCUT2D eigenvalue weighted by atomic mass is 32.1. The molecule has 2 aromatic heterocycles. The van der Waals surface area contributed by atoms with Gasteiger partial charge in [0.1, 0.15) is 5.75 Å². The van der Waals surface area contributed by atoms with Crippen molar-refractivity contribution in [3.8, 4) is 22.6 Å². The number of aromatic hydroxyl groups is 1. The number of anilines is 2. The van der Waals surface area contributed by atoms with Crippen molar-refractivity contribution in [2.45, 2.75) is 0 Å². The van der Waals surface area contributed by atoms with E-state index in [0.717, 1.165) is 11.1 Å². The third kappa shape index (κ3) is 3.51. The lowest BCUT2D eigenvalue weighted by molar-refractivity contribution is 0.102. The van der Waals surface area contributed by atoms with Crippen LogP contribution in [0.3, 0.4) is 0 Å². The smallest absolute Gasteiger partial charge is 0.277 e. The standard InChI is InChI=1S/C19H15N5O2S/c20-16-6-1-12(13-7-8-27-11-13)9-17(16)21-19(26)18-10-24(23-22-18)14-2-4-15(25)5-3-14/h1-11,25H,20H2,(H,21,26). The molecule has 27 heavy (non-hydrogen) atoms. The van der Waals surface area contributed by atoms with E-state index >= 15 is 0 Å². The number of hydrogen-bond acceptors (Lipinski definition) is 6. The molecule has 7 nitrogen and oxygen atoms in total. The minimum atomic E-state index is -0.408. The lowest BCUT2D eigenvalue weighted by Crippen LogP contribution is -2.13. The van der Waals surface area contributed by atoms with E-state index in [1.165, 1.54) is 23.0 Å². The van der Waals surface area contributed by atoms with Crippen molar-refractivity contribution in [2.24, 2.45) is 0 Å². The largest absolute Gasteiger partial charge is 0.508 e. The molecule has 0 radical (unpaired) electrons. The normalized spacial score (nSPS) is 10.7. The molecule has 0 aliphatic heterocycles. The van der Waals surface area contributed by atoms with Crippen molar-refractivity contribution in [3.63, 3.8) is 0 Å². The maximum absolute atomic E-state index is 12.5. The van der Waals surface area contributed by atoms with Crippen molar-refractivity contribution in [3.05, 3.63) is 71.2 Å². The Morgan fingerprint density at radius 1 is 1.11 bits per heavy atom. The molecule has 0 atom stereocenters.